The van der Waals surface area contributed by atoms with Gasteiger partial charge in [0.15, 0.2) is 0 Å². The fourth-order valence-electron chi connectivity index (χ4n) is 1.50. The highest BCUT2D eigenvalue weighted by atomic mass is 35.5. The highest BCUT2D eigenvalue weighted by Crippen LogP contribution is 2.29. The summed E-state index contributed by atoms with van der Waals surface area (Å²) < 4.78 is 5.22. The van der Waals surface area contributed by atoms with Gasteiger partial charge in [-0.3, -0.25) is 10.2 Å². The van der Waals surface area contributed by atoms with Crippen LogP contribution < -0.4 is 10.2 Å². The number of carbonyl (C=O) groups is 1. The molecule has 1 N–H and O–H groups in total. The van der Waals surface area contributed by atoms with Crippen LogP contribution in [0.2, 0.25) is 5.02 Å². The molecule has 0 bridgehead atoms. The van der Waals surface area contributed by atoms with Gasteiger partial charge >= 0.3 is 0 Å². The van der Waals surface area contributed by atoms with Gasteiger partial charge in [0, 0.05) is 24.7 Å². The zero-order chi connectivity index (χ0) is 13.0. The fraction of sp³-hybridized carbons (Fsp3) is 0.417. The Balaban J connectivity index is 2.98. The average molecular weight is 257 g/mol. The van der Waals surface area contributed by atoms with E-state index in [9.17, 15) is 4.79 Å². The van der Waals surface area contributed by atoms with Crippen molar-refractivity contribution in [2.45, 2.75) is 12.8 Å². The van der Waals surface area contributed by atoms with Crippen LogP contribution in [0.4, 0.5) is 0 Å². The SMILES string of the molecule is COc1ccc(Cl)cc1C(C)C(=O)NN(C)C. The molecule has 1 atom stereocenters. The summed E-state index contributed by atoms with van der Waals surface area (Å²) in [5.74, 6) is 0.234. The van der Waals surface area contributed by atoms with E-state index >= 15 is 0 Å². The number of amides is 1. The molecule has 0 radical (unpaired) electrons. The van der Waals surface area contributed by atoms with Crippen LogP contribution in [0.25, 0.3) is 0 Å². The molecule has 1 amide bonds. The summed E-state index contributed by atoms with van der Waals surface area (Å²) in [5.41, 5.74) is 3.48. The number of nitrogens with one attached hydrogen (secondary N) is 1. The van der Waals surface area contributed by atoms with Gasteiger partial charge in [0.1, 0.15) is 5.75 Å². The van der Waals surface area contributed by atoms with Gasteiger partial charge in [-0.1, -0.05) is 11.6 Å². The lowest BCUT2D eigenvalue weighted by atomic mass is 9.99. The van der Waals surface area contributed by atoms with Crippen molar-refractivity contribution >= 4 is 17.5 Å². The second-order valence-corrected chi connectivity index (χ2v) is 4.41. The van der Waals surface area contributed by atoms with E-state index in [4.69, 9.17) is 16.3 Å². The van der Waals surface area contributed by atoms with Crippen molar-refractivity contribution in [3.05, 3.63) is 28.8 Å². The number of hydrogen-bond acceptors (Lipinski definition) is 3. The lowest BCUT2D eigenvalue weighted by molar-refractivity contribution is -0.126. The molecule has 0 aliphatic heterocycles. The van der Waals surface area contributed by atoms with Crippen LogP contribution in [-0.4, -0.2) is 32.1 Å². The maximum Gasteiger partial charge on any atom is 0.241 e. The minimum Gasteiger partial charge on any atom is -0.496 e. The van der Waals surface area contributed by atoms with Crippen molar-refractivity contribution in [3.63, 3.8) is 0 Å². The van der Waals surface area contributed by atoms with E-state index in [0.717, 1.165) is 5.56 Å². The topological polar surface area (TPSA) is 41.6 Å². The van der Waals surface area contributed by atoms with Crippen molar-refractivity contribution < 1.29 is 9.53 Å². The Labute approximate surface area is 106 Å². The summed E-state index contributed by atoms with van der Waals surface area (Å²) in [6.07, 6.45) is 0. The summed E-state index contributed by atoms with van der Waals surface area (Å²) in [6, 6.07) is 5.25. The molecule has 0 aliphatic carbocycles. The number of rotatable bonds is 4. The Kier molecular flexibility index (Phi) is 4.78. The summed E-state index contributed by atoms with van der Waals surface area (Å²) in [6.45, 7) is 1.81. The van der Waals surface area contributed by atoms with Gasteiger partial charge in [-0.15, -0.1) is 0 Å². The highest BCUT2D eigenvalue weighted by molar-refractivity contribution is 6.30. The van der Waals surface area contributed by atoms with E-state index < -0.39 is 0 Å². The van der Waals surface area contributed by atoms with E-state index in [2.05, 4.69) is 5.43 Å². The lowest BCUT2D eigenvalue weighted by Gasteiger charge is -2.18. The van der Waals surface area contributed by atoms with Crippen molar-refractivity contribution in [1.82, 2.24) is 10.4 Å². The van der Waals surface area contributed by atoms with Gasteiger partial charge < -0.3 is 4.74 Å². The minimum atomic E-state index is -0.328. The first kappa shape index (κ1) is 13.8. The molecule has 17 heavy (non-hydrogen) atoms. The Morgan fingerprint density at radius 3 is 2.65 bits per heavy atom. The molecule has 0 heterocycles. The Morgan fingerprint density at radius 1 is 1.47 bits per heavy atom. The molecule has 1 unspecified atom stereocenters. The summed E-state index contributed by atoms with van der Waals surface area (Å²) in [5, 5.41) is 2.20. The zero-order valence-electron chi connectivity index (χ0n) is 10.5. The van der Waals surface area contributed by atoms with Crippen molar-refractivity contribution in [1.29, 1.82) is 0 Å². The number of carbonyl (C=O) groups excluding carboxylic acids is 1. The molecule has 0 saturated carbocycles. The average Bonchev–Trinajstić information content (AvgIpc) is 2.27. The predicted molar refractivity (Wildman–Crippen MR) is 68.2 cm³/mol. The molecule has 94 valence electrons. The van der Waals surface area contributed by atoms with Gasteiger partial charge in [0.05, 0.1) is 13.0 Å². The van der Waals surface area contributed by atoms with Gasteiger partial charge in [-0.2, -0.15) is 0 Å². The number of hydrazine groups is 1. The van der Waals surface area contributed by atoms with E-state index in [1.807, 2.05) is 6.92 Å². The third-order valence-electron chi connectivity index (χ3n) is 2.39. The van der Waals surface area contributed by atoms with Crippen LogP contribution in [-0.2, 0) is 4.79 Å². The van der Waals surface area contributed by atoms with Crippen LogP contribution in [0.15, 0.2) is 18.2 Å². The second-order valence-electron chi connectivity index (χ2n) is 3.98. The lowest BCUT2D eigenvalue weighted by Crippen LogP contribution is -2.38. The quantitative estimate of drug-likeness (QED) is 0.839. The molecule has 1 aromatic rings. The van der Waals surface area contributed by atoms with Gasteiger partial charge in [-0.05, 0) is 25.1 Å². The molecular weight excluding hydrogens is 240 g/mol. The highest BCUT2D eigenvalue weighted by Gasteiger charge is 2.19. The summed E-state index contributed by atoms with van der Waals surface area (Å²) >= 11 is 5.93. The molecule has 5 heteroatoms. The Hall–Kier alpha value is -1.26. The number of hydrogen-bond donors (Lipinski definition) is 1. The first-order valence-corrected chi connectivity index (χ1v) is 5.64. The van der Waals surface area contributed by atoms with E-state index in [-0.39, 0.29) is 11.8 Å². The molecule has 0 saturated heterocycles. The molecule has 0 fully saturated rings. The predicted octanol–water partition coefficient (Wildman–Crippen LogP) is 2.04. The van der Waals surface area contributed by atoms with Crippen LogP contribution in [0.5, 0.6) is 5.75 Å². The maximum absolute atomic E-state index is 11.9. The number of methoxy groups -OCH3 is 1. The Bertz CT molecular complexity index is 407. The number of nitrogens with zero attached hydrogens (tertiary/aromatic N) is 1. The van der Waals surface area contributed by atoms with Crippen LogP contribution >= 0.6 is 11.6 Å². The first-order valence-electron chi connectivity index (χ1n) is 5.27. The van der Waals surface area contributed by atoms with Crippen molar-refractivity contribution in [3.8, 4) is 5.75 Å². The van der Waals surface area contributed by atoms with Gasteiger partial charge in [0.25, 0.3) is 0 Å². The Morgan fingerprint density at radius 2 is 2.12 bits per heavy atom. The van der Waals surface area contributed by atoms with Crippen LogP contribution in [0, 0.1) is 0 Å². The fourth-order valence-corrected chi connectivity index (χ4v) is 1.68. The maximum atomic E-state index is 11.9. The smallest absolute Gasteiger partial charge is 0.241 e. The number of halogens is 1. The van der Waals surface area contributed by atoms with Gasteiger partial charge in [0.2, 0.25) is 5.91 Å². The summed E-state index contributed by atoms with van der Waals surface area (Å²) in [7, 11) is 5.10. The molecule has 0 spiro atoms. The molecule has 4 nitrogen and oxygen atoms in total. The third kappa shape index (κ3) is 3.61. The monoisotopic (exact) mass is 256 g/mol. The largest absolute Gasteiger partial charge is 0.496 e. The molecule has 0 aromatic heterocycles. The van der Waals surface area contributed by atoms with E-state index in [1.54, 1.807) is 44.4 Å². The normalized spacial score (nSPS) is 12.4. The molecule has 1 rings (SSSR count). The molecular formula is C12H17ClN2O2. The van der Waals surface area contributed by atoms with E-state index in [0.29, 0.717) is 10.8 Å². The number of ether oxygens (including phenoxy) is 1. The third-order valence-corrected chi connectivity index (χ3v) is 2.62. The van der Waals surface area contributed by atoms with Crippen LogP contribution in [0.1, 0.15) is 18.4 Å². The zero-order valence-corrected chi connectivity index (χ0v) is 11.2. The molecule has 0 aliphatic rings. The van der Waals surface area contributed by atoms with E-state index in [1.165, 1.54) is 0 Å². The summed E-state index contributed by atoms with van der Waals surface area (Å²) in [4.78, 5) is 11.9. The second kappa shape index (κ2) is 5.89. The standard InChI is InChI=1S/C12H17ClN2O2/c1-8(12(16)14-15(2)3)10-7-9(13)5-6-11(10)17-4/h5-8H,1-4H3,(H,14,16). The first-order chi connectivity index (χ1) is 7.95. The van der Waals surface area contributed by atoms with Crippen molar-refractivity contribution in [2.75, 3.05) is 21.2 Å². The van der Waals surface area contributed by atoms with Gasteiger partial charge in [-0.25, -0.2) is 5.01 Å². The number of benzene rings is 1. The van der Waals surface area contributed by atoms with Crippen LogP contribution in [0.3, 0.4) is 0 Å². The van der Waals surface area contributed by atoms with Crippen molar-refractivity contribution in [2.24, 2.45) is 0 Å². The minimum absolute atomic E-state index is 0.101. The molecule has 1 aromatic carbocycles.